The highest BCUT2D eigenvalue weighted by Gasteiger charge is 2.12. The largest absolute Gasteiger partial charge is 0.436 e. The second-order valence-electron chi connectivity index (χ2n) is 6.15. The molecule has 0 aliphatic carbocycles. The number of carbonyl (C=O) groups is 1. The number of nitrogens with one attached hydrogen (secondary N) is 1. The number of rotatable bonds is 3. The number of fused-ring (bicyclic) bond motifs is 1. The smallest absolute Gasteiger partial charge is 0.256 e. The van der Waals surface area contributed by atoms with E-state index in [-0.39, 0.29) is 5.91 Å². The number of benzene rings is 3. The highest BCUT2D eigenvalue weighted by Crippen LogP contribution is 2.26. The van der Waals surface area contributed by atoms with Crippen LogP contribution in [0.1, 0.15) is 15.9 Å². The predicted molar refractivity (Wildman–Crippen MR) is 124 cm³/mol. The van der Waals surface area contributed by atoms with Gasteiger partial charge in [0.05, 0.1) is 5.56 Å². The molecule has 134 valence electrons. The number of hydrogen-bond donors (Lipinski definition) is 1. The van der Waals surface area contributed by atoms with E-state index >= 15 is 0 Å². The third kappa shape index (κ3) is 4.01. The van der Waals surface area contributed by atoms with Crippen LogP contribution in [0, 0.1) is 14.1 Å². The third-order valence-corrected chi connectivity index (χ3v) is 5.72. The summed E-state index contributed by atoms with van der Waals surface area (Å²) in [5.74, 6) is 0.448. The Labute approximate surface area is 183 Å². The molecule has 0 radical (unpaired) electrons. The van der Waals surface area contributed by atoms with Gasteiger partial charge < -0.3 is 9.73 Å². The molecule has 1 aromatic heterocycles. The van der Waals surface area contributed by atoms with Gasteiger partial charge in [-0.1, -0.05) is 6.07 Å². The minimum absolute atomic E-state index is 0.122. The number of oxazole rings is 1. The summed E-state index contributed by atoms with van der Waals surface area (Å²) in [7, 11) is 0. The maximum absolute atomic E-state index is 12.5. The predicted octanol–water partition coefficient (Wildman–Crippen LogP) is 6.26. The lowest BCUT2D eigenvalue weighted by Gasteiger charge is -2.08. The zero-order valence-electron chi connectivity index (χ0n) is 14.3. The van der Waals surface area contributed by atoms with E-state index in [2.05, 4.69) is 55.5 Å². The Kier molecular flexibility index (Phi) is 5.18. The van der Waals surface area contributed by atoms with Crippen molar-refractivity contribution in [3.8, 4) is 11.5 Å². The molecule has 4 rings (SSSR count). The average Bonchev–Trinajstić information content (AvgIpc) is 3.07. The summed E-state index contributed by atoms with van der Waals surface area (Å²) in [6.07, 6.45) is 0. The Morgan fingerprint density at radius 1 is 1.00 bits per heavy atom. The Bertz CT molecular complexity index is 1150. The first kappa shape index (κ1) is 18.4. The summed E-state index contributed by atoms with van der Waals surface area (Å²) in [5, 5.41) is 2.94. The zero-order valence-corrected chi connectivity index (χ0v) is 18.6. The van der Waals surface area contributed by atoms with Crippen LogP contribution < -0.4 is 5.32 Å². The molecule has 4 aromatic rings. The van der Waals surface area contributed by atoms with Gasteiger partial charge in [-0.05, 0) is 112 Å². The summed E-state index contributed by atoms with van der Waals surface area (Å²) in [6, 6.07) is 19.2. The molecule has 6 heteroatoms. The van der Waals surface area contributed by atoms with E-state index in [0.29, 0.717) is 11.5 Å². The summed E-state index contributed by atoms with van der Waals surface area (Å²) in [4.78, 5) is 17.1. The van der Waals surface area contributed by atoms with Crippen molar-refractivity contribution in [3.05, 3.63) is 78.9 Å². The van der Waals surface area contributed by atoms with E-state index in [1.165, 1.54) is 0 Å². The molecule has 0 fully saturated rings. The molecule has 0 aliphatic heterocycles. The van der Waals surface area contributed by atoms with Crippen molar-refractivity contribution in [1.29, 1.82) is 0 Å². The summed E-state index contributed by atoms with van der Waals surface area (Å²) >= 11 is 4.38. The number of halogens is 2. The van der Waals surface area contributed by atoms with Crippen molar-refractivity contribution in [1.82, 2.24) is 4.98 Å². The van der Waals surface area contributed by atoms with Crippen LogP contribution in [-0.2, 0) is 0 Å². The number of amides is 1. The van der Waals surface area contributed by atoms with Gasteiger partial charge in [-0.15, -0.1) is 0 Å². The second-order valence-corrected chi connectivity index (χ2v) is 8.55. The minimum Gasteiger partial charge on any atom is -0.436 e. The van der Waals surface area contributed by atoms with E-state index < -0.39 is 0 Å². The topological polar surface area (TPSA) is 55.1 Å². The summed E-state index contributed by atoms with van der Waals surface area (Å²) in [5.41, 5.74) is 5.00. The van der Waals surface area contributed by atoms with Gasteiger partial charge in [-0.25, -0.2) is 4.98 Å². The average molecular weight is 580 g/mol. The van der Waals surface area contributed by atoms with Crippen LogP contribution in [-0.4, -0.2) is 10.9 Å². The van der Waals surface area contributed by atoms with Crippen molar-refractivity contribution in [2.24, 2.45) is 0 Å². The number of aryl methyl sites for hydroxylation is 1. The molecule has 0 saturated carbocycles. The van der Waals surface area contributed by atoms with Gasteiger partial charge in [0.15, 0.2) is 5.58 Å². The second kappa shape index (κ2) is 7.59. The van der Waals surface area contributed by atoms with Crippen molar-refractivity contribution < 1.29 is 9.21 Å². The number of hydrogen-bond acceptors (Lipinski definition) is 3. The number of anilines is 1. The molecule has 27 heavy (non-hydrogen) atoms. The van der Waals surface area contributed by atoms with E-state index in [9.17, 15) is 4.79 Å². The minimum atomic E-state index is -0.122. The van der Waals surface area contributed by atoms with E-state index in [1.54, 1.807) is 0 Å². The standard InChI is InChI=1S/C21H14I2N2O2/c1-12-2-9-18-19(10-12)27-21(25-18)13-3-6-15(7-4-13)24-20(26)16-11-14(22)5-8-17(16)23/h2-11H,1H3,(H,24,26). The molecule has 0 aliphatic rings. The maximum atomic E-state index is 12.5. The Hall–Kier alpha value is -1.94. The summed E-state index contributed by atoms with van der Waals surface area (Å²) < 4.78 is 7.80. The van der Waals surface area contributed by atoms with Gasteiger partial charge in [0, 0.05) is 18.4 Å². The van der Waals surface area contributed by atoms with Crippen LogP contribution in [0.5, 0.6) is 0 Å². The van der Waals surface area contributed by atoms with Gasteiger partial charge >= 0.3 is 0 Å². The monoisotopic (exact) mass is 580 g/mol. The van der Waals surface area contributed by atoms with Gasteiger partial charge in [0.2, 0.25) is 5.89 Å². The normalized spacial score (nSPS) is 10.9. The number of nitrogens with zero attached hydrogens (tertiary/aromatic N) is 1. The van der Waals surface area contributed by atoms with Gasteiger partial charge in [-0.3, -0.25) is 4.79 Å². The molecular formula is C21H14I2N2O2. The van der Waals surface area contributed by atoms with Crippen LogP contribution in [0.2, 0.25) is 0 Å². The van der Waals surface area contributed by atoms with Crippen molar-refractivity contribution >= 4 is 67.9 Å². The lowest BCUT2D eigenvalue weighted by atomic mass is 10.2. The quantitative estimate of drug-likeness (QED) is 0.291. The van der Waals surface area contributed by atoms with Crippen LogP contribution in [0.25, 0.3) is 22.6 Å². The van der Waals surface area contributed by atoms with E-state index in [1.807, 2.05) is 67.6 Å². The molecule has 3 aromatic carbocycles. The molecule has 1 heterocycles. The first-order valence-corrected chi connectivity index (χ1v) is 10.4. The molecule has 0 saturated heterocycles. The van der Waals surface area contributed by atoms with Crippen molar-refractivity contribution in [2.45, 2.75) is 6.92 Å². The van der Waals surface area contributed by atoms with E-state index in [0.717, 1.165) is 35.1 Å². The lowest BCUT2D eigenvalue weighted by Crippen LogP contribution is -2.13. The zero-order chi connectivity index (χ0) is 19.0. The third-order valence-electron chi connectivity index (χ3n) is 4.11. The fraction of sp³-hybridized carbons (Fsp3) is 0.0476. The molecular weight excluding hydrogens is 566 g/mol. The van der Waals surface area contributed by atoms with Gasteiger partial charge in [0.1, 0.15) is 5.52 Å². The van der Waals surface area contributed by atoms with Gasteiger partial charge in [0.25, 0.3) is 5.91 Å². The van der Waals surface area contributed by atoms with Crippen molar-refractivity contribution in [2.75, 3.05) is 5.32 Å². The fourth-order valence-corrected chi connectivity index (χ4v) is 3.79. The van der Waals surface area contributed by atoms with Crippen LogP contribution in [0.4, 0.5) is 5.69 Å². The molecule has 0 unspecified atom stereocenters. The molecule has 1 amide bonds. The summed E-state index contributed by atoms with van der Waals surface area (Å²) in [6.45, 7) is 2.02. The first-order valence-electron chi connectivity index (χ1n) is 8.23. The van der Waals surface area contributed by atoms with Crippen LogP contribution >= 0.6 is 45.2 Å². The molecule has 0 bridgehead atoms. The molecule has 0 spiro atoms. The van der Waals surface area contributed by atoms with Gasteiger partial charge in [-0.2, -0.15) is 0 Å². The number of aromatic nitrogens is 1. The Morgan fingerprint density at radius 2 is 1.78 bits per heavy atom. The fourth-order valence-electron chi connectivity index (χ4n) is 2.72. The highest BCUT2D eigenvalue weighted by molar-refractivity contribution is 14.1. The lowest BCUT2D eigenvalue weighted by molar-refractivity contribution is 0.102. The first-order chi connectivity index (χ1) is 13.0. The number of carbonyl (C=O) groups excluding carboxylic acids is 1. The Morgan fingerprint density at radius 3 is 2.56 bits per heavy atom. The SMILES string of the molecule is Cc1ccc2nc(-c3ccc(NC(=O)c4cc(I)ccc4I)cc3)oc2c1. The van der Waals surface area contributed by atoms with Crippen LogP contribution in [0.3, 0.4) is 0 Å². The molecule has 1 N–H and O–H groups in total. The maximum Gasteiger partial charge on any atom is 0.256 e. The van der Waals surface area contributed by atoms with E-state index in [4.69, 9.17) is 4.42 Å². The molecule has 4 nitrogen and oxygen atoms in total. The Balaban J connectivity index is 1.56. The highest BCUT2D eigenvalue weighted by atomic mass is 127. The van der Waals surface area contributed by atoms with Crippen molar-refractivity contribution in [3.63, 3.8) is 0 Å². The molecule has 0 atom stereocenters. The van der Waals surface area contributed by atoms with Crippen LogP contribution in [0.15, 0.2) is 65.1 Å².